The summed E-state index contributed by atoms with van der Waals surface area (Å²) in [6.45, 7) is 38.7. The van der Waals surface area contributed by atoms with Gasteiger partial charge in [0.1, 0.15) is 33.2 Å². The van der Waals surface area contributed by atoms with Crippen LogP contribution >= 0.6 is 0 Å². The van der Waals surface area contributed by atoms with Crippen molar-refractivity contribution in [3.8, 4) is 0 Å². The van der Waals surface area contributed by atoms with Crippen LogP contribution in [0.25, 0.3) is 19.7 Å². The van der Waals surface area contributed by atoms with Crippen molar-refractivity contribution in [1.29, 1.82) is 0 Å². The molecule has 3 aromatic heterocycles. The van der Waals surface area contributed by atoms with Gasteiger partial charge in [-0.2, -0.15) is 0 Å². The van der Waals surface area contributed by atoms with Gasteiger partial charge in [-0.15, -0.1) is 0 Å². The second-order valence-electron chi connectivity index (χ2n) is 29.1. The van der Waals surface area contributed by atoms with Gasteiger partial charge in [-0.25, -0.2) is 29.9 Å². The predicted octanol–water partition coefficient (Wildman–Crippen LogP) is 11.1. The highest BCUT2D eigenvalue weighted by Gasteiger charge is 2.29. The third-order valence-electron chi connectivity index (χ3n) is 16.5. The molecule has 6 aromatic rings. The minimum Gasteiger partial charge on any atom is -0.460 e. The average Bonchev–Trinajstić information content (AvgIpc) is 1.00. The Balaban J connectivity index is 0.000000208. The monoisotopic (exact) mass is 1360 g/mol. The fraction of sp³-hybridized carbons (Fsp3) is 0.526. The largest absolute Gasteiger partial charge is 0.460 e. The molecule has 10 rings (SSSR count). The molecule has 4 N–H and O–H groups in total. The Morgan fingerprint density at radius 2 is 0.788 bits per heavy atom. The molecule has 3 aromatic carbocycles. The lowest BCUT2D eigenvalue weighted by Gasteiger charge is -2.30. The smallest absolute Gasteiger partial charge is 0.306 e. The van der Waals surface area contributed by atoms with E-state index in [4.69, 9.17) is 14.2 Å². The number of aromatic nitrogens is 6. The molecule has 1 aliphatic carbocycles. The normalized spacial score (nSPS) is 13.3. The first-order chi connectivity index (χ1) is 46.1. The Bertz CT molecular complexity index is 4480. The number of anilines is 8. The SMILES string of the molecule is C.C=c1nc2c(c(=O)[nH]1)=Nc1cc(C)c(C)cc1N2CCCCCCC(=O)OC(C)(C)C.C=c1nc2c(c(=O)[nH]1)=Nc1cc(C)c(N(C)C)cc1N2CCCCCCC(=O)OC(C)(C)C.C=c1nc2c(c(=O)[nH]1)=Nc1cc(C)c(NC3CC3)cc1N2CCCCCCC(=O)OC(C)(C)C. The summed E-state index contributed by atoms with van der Waals surface area (Å²) in [7, 11) is 4.02. The molecular formula is C76H106N14O9. The van der Waals surface area contributed by atoms with Crippen molar-refractivity contribution >= 4 is 101 Å². The zero-order chi connectivity index (χ0) is 71.6. The number of H-pyrrole nitrogens is 3. The fourth-order valence-corrected chi connectivity index (χ4v) is 11.7. The summed E-state index contributed by atoms with van der Waals surface area (Å²) >= 11 is 0. The number of unbranched alkanes of at least 4 members (excludes halogenated alkanes) is 9. The molecule has 4 aliphatic rings. The van der Waals surface area contributed by atoms with Crippen LogP contribution < -0.4 is 74.1 Å². The van der Waals surface area contributed by atoms with Gasteiger partial charge in [0.05, 0.1) is 34.1 Å². The van der Waals surface area contributed by atoms with Crippen LogP contribution in [0, 0.1) is 27.7 Å². The van der Waals surface area contributed by atoms with Crippen molar-refractivity contribution in [3.63, 3.8) is 0 Å². The highest BCUT2D eigenvalue weighted by molar-refractivity contribution is 5.83. The number of esters is 3. The third-order valence-corrected chi connectivity index (χ3v) is 16.5. The minimum atomic E-state index is -0.446. The maximum atomic E-state index is 12.6. The molecule has 0 spiro atoms. The zero-order valence-electron chi connectivity index (χ0n) is 60.5. The van der Waals surface area contributed by atoms with E-state index in [9.17, 15) is 28.8 Å². The molecule has 534 valence electrons. The number of rotatable bonds is 24. The highest BCUT2D eigenvalue weighted by atomic mass is 16.6. The molecule has 0 saturated heterocycles. The molecule has 3 aliphatic heterocycles. The first kappa shape index (κ1) is 77.1. The van der Waals surface area contributed by atoms with E-state index in [1.54, 1.807) is 0 Å². The summed E-state index contributed by atoms with van der Waals surface area (Å²) < 4.78 is 16.1. The van der Waals surface area contributed by atoms with Crippen molar-refractivity contribution in [3.05, 3.63) is 122 Å². The van der Waals surface area contributed by atoms with E-state index < -0.39 is 16.8 Å². The van der Waals surface area contributed by atoms with Crippen molar-refractivity contribution in [2.24, 2.45) is 15.0 Å². The first-order valence-corrected chi connectivity index (χ1v) is 34.5. The van der Waals surface area contributed by atoms with Crippen LogP contribution in [0.15, 0.2) is 65.8 Å². The summed E-state index contributed by atoms with van der Waals surface area (Å²) in [4.78, 5) is 117. The van der Waals surface area contributed by atoms with E-state index in [2.05, 4.69) is 122 Å². The van der Waals surface area contributed by atoms with Crippen LogP contribution in [0.4, 0.5) is 63.0 Å². The van der Waals surface area contributed by atoms with Crippen LogP contribution in [0.2, 0.25) is 0 Å². The quantitative estimate of drug-likeness (QED) is 0.0249. The Labute approximate surface area is 581 Å². The van der Waals surface area contributed by atoms with Crippen molar-refractivity contribution in [2.75, 3.05) is 58.6 Å². The second kappa shape index (κ2) is 33.1. The highest BCUT2D eigenvalue weighted by Crippen LogP contribution is 2.42. The molecular weight excluding hydrogens is 1250 g/mol. The Morgan fingerprint density at radius 1 is 0.475 bits per heavy atom. The number of benzene rings is 3. The van der Waals surface area contributed by atoms with Gasteiger partial charge < -0.3 is 54.1 Å². The number of nitrogens with one attached hydrogen (secondary N) is 4. The first-order valence-electron chi connectivity index (χ1n) is 34.5. The molecule has 0 radical (unpaired) electrons. The molecule has 0 unspecified atom stereocenters. The number of hydrogen-bond acceptors (Lipinski definition) is 20. The summed E-state index contributed by atoms with van der Waals surface area (Å²) in [5.74, 6) is 1.20. The van der Waals surface area contributed by atoms with Gasteiger partial charge in [0.2, 0.25) is 0 Å². The van der Waals surface area contributed by atoms with Gasteiger partial charge in [-0.3, -0.25) is 28.8 Å². The zero-order valence-corrected chi connectivity index (χ0v) is 60.5. The van der Waals surface area contributed by atoms with Crippen LogP contribution in [-0.4, -0.2) is 104 Å². The fourth-order valence-electron chi connectivity index (χ4n) is 11.7. The summed E-state index contributed by atoms with van der Waals surface area (Å²) in [5, 5.41) is 4.57. The number of nitrogens with zero attached hydrogens (tertiary/aromatic N) is 10. The van der Waals surface area contributed by atoms with E-state index in [1.165, 1.54) is 18.4 Å². The van der Waals surface area contributed by atoms with Crippen LogP contribution in [0.3, 0.4) is 0 Å². The maximum Gasteiger partial charge on any atom is 0.306 e. The number of ether oxygens (including phenoxy) is 3. The molecule has 99 heavy (non-hydrogen) atoms. The lowest BCUT2D eigenvalue weighted by Crippen LogP contribution is -2.42. The molecule has 1 saturated carbocycles. The lowest BCUT2D eigenvalue weighted by molar-refractivity contribution is -0.156. The molecule has 6 heterocycles. The Kier molecular flexibility index (Phi) is 25.7. The summed E-state index contributed by atoms with van der Waals surface area (Å²) in [6, 6.07) is 12.9. The van der Waals surface area contributed by atoms with E-state index in [1.807, 2.05) is 108 Å². The van der Waals surface area contributed by atoms with Gasteiger partial charge in [0.15, 0.2) is 33.5 Å². The van der Waals surface area contributed by atoms with Crippen molar-refractivity contribution < 1.29 is 28.6 Å². The molecule has 23 nitrogen and oxygen atoms in total. The second-order valence-corrected chi connectivity index (χ2v) is 29.1. The number of aromatic amines is 3. The van der Waals surface area contributed by atoms with Crippen molar-refractivity contribution in [1.82, 2.24) is 29.9 Å². The predicted molar refractivity (Wildman–Crippen MR) is 396 cm³/mol. The van der Waals surface area contributed by atoms with E-state index in [-0.39, 0.29) is 42.0 Å². The minimum absolute atomic E-state index is 0. The van der Waals surface area contributed by atoms with Gasteiger partial charge in [-0.1, -0.05) is 65.7 Å². The van der Waals surface area contributed by atoms with E-state index >= 15 is 0 Å². The number of carbonyl (C=O) groups excluding carboxylic acids is 3. The molecule has 0 amide bonds. The van der Waals surface area contributed by atoms with E-state index in [0.717, 1.165) is 139 Å². The number of aryl methyl sites for hydroxylation is 4. The summed E-state index contributed by atoms with van der Waals surface area (Å²) in [6.07, 6.45) is 14.4. The lowest BCUT2D eigenvalue weighted by atomic mass is 10.1. The van der Waals surface area contributed by atoms with Crippen LogP contribution in [0.1, 0.15) is 201 Å². The number of hydrogen-bond donors (Lipinski definition) is 4. The van der Waals surface area contributed by atoms with Gasteiger partial charge in [0.25, 0.3) is 16.7 Å². The number of carbonyl (C=O) groups is 3. The van der Waals surface area contributed by atoms with Crippen molar-refractivity contribution in [2.45, 2.75) is 229 Å². The topological polar surface area (TPSA) is 278 Å². The van der Waals surface area contributed by atoms with E-state index in [0.29, 0.717) is 94.9 Å². The van der Waals surface area contributed by atoms with Gasteiger partial charge in [-0.05, 0) is 200 Å². The van der Waals surface area contributed by atoms with Crippen LogP contribution in [0.5, 0.6) is 0 Å². The molecule has 0 atom stereocenters. The Morgan fingerprint density at radius 3 is 1.13 bits per heavy atom. The molecule has 0 bridgehead atoms. The number of fused-ring (bicyclic) bond motifs is 6. The third kappa shape index (κ3) is 21.6. The molecule has 23 heteroatoms. The average molecular weight is 1360 g/mol. The van der Waals surface area contributed by atoms with Gasteiger partial charge in [0, 0.05) is 70.4 Å². The summed E-state index contributed by atoms with van der Waals surface area (Å²) in [5.41, 5.74) is 10.7. The molecule has 1 fully saturated rings. The Hall–Kier alpha value is -9.28. The van der Waals surface area contributed by atoms with Crippen LogP contribution in [-0.2, 0) is 28.6 Å². The standard InChI is InChI=1S/C26H35N5O3.C25H35N5O3.C24H32N4O3.CH4/c1-16-14-20-21(15-19(16)29-18-11-12-18)31(24-23(30-20)25(33)28-17(2)27-24)13-9-7-6-8-10-22(32)34-26(3,4)5;1-16-14-18-20(15-19(16)29(6)7)30(23-22(28-18)24(32)27-17(2)26-23)13-11-9-8-10-12-21(31)33-25(3,4)5;1-15-13-18-19(14-16(15)2)28(22-21(27-18)23(30)26-17(3)25-22)12-10-8-7-9-11-20(29)31-24(4,5)6;/h14-15,18,29H,2,6-13H2,1,3-5H3,(H,28,33);14-15H,2,8-13H2,1,3-7H3,(H,27,32);13-14H,3,7-12H2,1-2,4-6H3,(H,26,30);1H4. The van der Waals surface area contributed by atoms with Gasteiger partial charge >= 0.3 is 17.9 Å². The maximum absolute atomic E-state index is 12.6.